The molecule has 2 rings (SSSR count). The monoisotopic (exact) mass is 496 g/mol. The zero-order chi connectivity index (χ0) is 22.4. The van der Waals surface area contributed by atoms with Crippen molar-refractivity contribution in [3.05, 3.63) is 64.1 Å². The molecule has 0 saturated heterocycles. The van der Waals surface area contributed by atoms with Gasteiger partial charge in [0.2, 0.25) is 10.0 Å². The van der Waals surface area contributed by atoms with Crippen LogP contribution in [0.1, 0.15) is 37.8 Å². The van der Waals surface area contributed by atoms with E-state index in [1.54, 1.807) is 18.2 Å². The molecule has 0 aromatic heterocycles. The van der Waals surface area contributed by atoms with Crippen LogP contribution in [-0.2, 0) is 16.4 Å². The molecule has 30 heavy (non-hydrogen) atoms. The van der Waals surface area contributed by atoms with Crippen molar-refractivity contribution in [3.8, 4) is 0 Å². The first-order chi connectivity index (χ1) is 14.0. The summed E-state index contributed by atoms with van der Waals surface area (Å²) < 4.78 is 27.7. The van der Waals surface area contributed by atoms with Gasteiger partial charge in [-0.05, 0) is 69.4 Å². The summed E-state index contributed by atoms with van der Waals surface area (Å²) in [5.41, 5.74) is 2.03. The molecule has 166 valence electrons. The molecule has 0 saturated carbocycles. The molecule has 2 N–H and O–H groups in total. The molecule has 2 aromatic carbocycles. The lowest BCUT2D eigenvalue weighted by atomic mass is 9.95. The van der Waals surface area contributed by atoms with Crippen LogP contribution in [0.5, 0.6) is 0 Å². The molecule has 0 fully saturated rings. The fraction of sp³-hybridized carbons (Fsp3) is 0.478. The van der Waals surface area contributed by atoms with Crippen molar-refractivity contribution < 1.29 is 13.5 Å². The number of β-amino-alcohol motifs (C(OH)–C–C–N with tert-alkyl or cyclic N) is 1. The molecule has 0 unspecified atom stereocenters. The second-order valence-electron chi connectivity index (χ2n) is 8.45. The van der Waals surface area contributed by atoms with Gasteiger partial charge >= 0.3 is 0 Å². The third-order valence-corrected chi connectivity index (χ3v) is 7.94. The maximum absolute atomic E-state index is 12.8. The number of benzene rings is 2. The van der Waals surface area contributed by atoms with Crippen LogP contribution in [0, 0.1) is 6.92 Å². The van der Waals surface area contributed by atoms with E-state index in [0.717, 1.165) is 29.3 Å². The molecule has 0 aliphatic heterocycles. The van der Waals surface area contributed by atoms with Crippen molar-refractivity contribution in [2.24, 2.45) is 0 Å². The number of aryl methyl sites for hydroxylation is 2. The number of hydrogen-bond donors (Lipinski definition) is 2. The summed E-state index contributed by atoms with van der Waals surface area (Å²) in [7, 11) is -2.15. The highest BCUT2D eigenvalue weighted by Gasteiger charge is 2.25. The van der Waals surface area contributed by atoms with Crippen LogP contribution >= 0.6 is 15.9 Å². The molecule has 2 aromatic rings. The first-order valence-corrected chi connectivity index (χ1v) is 12.4. The van der Waals surface area contributed by atoms with Gasteiger partial charge in [-0.15, -0.1) is 0 Å². The molecule has 0 bridgehead atoms. The largest absolute Gasteiger partial charge is 0.390 e. The lowest BCUT2D eigenvalue weighted by molar-refractivity contribution is 0.138. The van der Waals surface area contributed by atoms with E-state index in [9.17, 15) is 13.5 Å². The van der Waals surface area contributed by atoms with E-state index in [0.29, 0.717) is 6.54 Å². The molecule has 0 amide bonds. The molecule has 7 heteroatoms. The van der Waals surface area contributed by atoms with Gasteiger partial charge in [0.1, 0.15) is 0 Å². The van der Waals surface area contributed by atoms with Gasteiger partial charge in [0.15, 0.2) is 0 Å². The predicted molar refractivity (Wildman–Crippen MR) is 126 cm³/mol. The van der Waals surface area contributed by atoms with Crippen molar-refractivity contribution in [1.82, 2.24) is 9.62 Å². The Hall–Kier alpha value is -1.25. The third-order valence-electron chi connectivity index (χ3n) is 5.23. The highest BCUT2D eigenvalue weighted by Crippen LogP contribution is 2.22. The maximum Gasteiger partial charge on any atom is 0.242 e. The van der Waals surface area contributed by atoms with E-state index in [-0.39, 0.29) is 17.0 Å². The number of sulfonamides is 1. The lowest BCUT2D eigenvalue weighted by Gasteiger charge is -2.29. The van der Waals surface area contributed by atoms with Crippen LogP contribution < -0.4 is 5.32 Å². The van der Waals surface area contributed by atoms with Gasteiger partial charge in [0.05, 0.1) is 11.0 Å². The van der Waals surface area contributed by atoms with E-state index in [4.69, 9.17) is 0 Å². The number of rotatable bonds is 11. The Morgan fingerprint density at radius 1 is 1.17 bits per heavy atom. The maximum atomic E-state index is 12.8. The van der Waals surface area contributed by atoms with Crippen molar-refractivity contribution >= 4 is 26.0 Å². The standard InChI is InChI=1S/C23H33BrN2O3S/c1-18-15-21(12-13-22(18)24)30(28,29)26(4)17-20(27)16-25-23(2,3)14-8-11-19-9-6-5-7-10-19/h5-7,9-10,12-13,15,20,25,27H,8,11,14,16-17H2,1-4H3/t20-/m1/s1. The summed E-state index contributed by atoms with van der Waals surface area (Å²) in [6.45, 7) is 6.43. The van der Waals surface area contributed by atoms with Crippen LogP contribution in [0.2, 0.25) is 0 Å². The van der Waals surface area contributed by atoms with Crippen molar-refractivity contribution in [2.75, 3.05) is 20.1 Å². The molecule has 1 atom stereocenters. The lowest BCUT2D eigenvalue weighted by Crippen LogP contribution is -2.46. The molecule has 0 radical (unpaired) electrons. The van der Waals surface area contributed by atoms with Crippen molar-refractivity contribution in [1.29, 1.82) is 0 Å². The average Bonchev–Trinajstić information content (AvgIpc) is 2.69. The average molecular weight is 497 g/mol. The number of hydrogen-bond acceptors (Lipinski definition) is 4. The van der Waals surface area contributed by atoms with E-state index in [1.807, 2.05) is 13.0 Å². The quantitative estimate of drug-likeness (QED) is 0.490. The minimum Gasteiger partial charge on any atom is -0.390 e. The van der Waals surface area contributed by atoms with Crippen LogP contribution in [0.15, 0.2) is 57.9 Å². The highest BCUT2D eigenvalue weighted by molar-refractivity contribution is 9.10. The third kappa shape index (κ3) is 7.46. The van der Waals surface area contributed by atoms with Gasteiger partial charge in [-0.3, -0.25) is 0 Å². The van der Waals surface area contributed by atoms with Crippen LogP contribution in [0.3, 0.4) is 0 Å². The Bertz CT molecular complexity index is 917. The Morgan fingerprint density at radius 3 is 2.47 bits per heavy atom. The molecular formula is C23H33BrN2O3S. The SMILES string of the molecule is Cc1cc(S(=O)(=O)N(C)C[C@H](O)CNC(C)(C)CCCc2ccccc2)ccc1Br. The Balaban J connectivity index is 1.83. The molecule has 0 aliphatic carbocycles. The number of nitrogens with one attached hydrogen (secondary N) is 1. The fourth-order valence-electron chi connectivity index (χ4n) is 3.28. The van der Waals surface area contributed by atoms with Crippen LogP contribution in [0.4, 0.5) is 0 Å². The molecular weight excluding hydrogens is 464 g/mol. The Morgan fingerprint density at radius 2 is 1.83 bits per heavy atom. The topological polar surface area (TPSA) is 69.6 Å². The minimum atomic E-state index is -3.65. The number of aliphatic hydroxyl groups excluding tert-OH is 1. The summed E-state index contributed by atoms with van der Waals surface area (Å²) in [5.74, 6) is 0. The number of aliphatic hydroxyl groups is 1. The van der Waals surface area contributed by atoms with E-state index in [2.05, 4.69) is 59.4 Å². The molecule has 0 heterocycles. The molecule has 0 aliphatic rings. The summed E-state index contributed by atoms with van der Waals surface area (Å²) in [6.07, 6.45) is 2.22. The van der Waals surface area contributed by atoms with Gasteiger partial charge in [0, 0.05) is 30.1 Å². The van der Waals surface area contributed by atoms with Crippen molar-refractivity contribution in [3.63, 3.8) is 0 Å². The number of likely N-dealkylation sites (N-methyl/N-ethyl adjacent to an activating group) is 1. The first-order valence-electron chi connectivity index (χ1n) is 10.2. The van der Waals surface area contributed by atoms with Crippen LogP contribution in [0.25, 0.3) is 0 Å². The summed E-state index contributed by atoms with van der Waals surface area (Å²) in [6, 6.07) is 15.3. The zero-order valence-corrected chi connectivity index (χ0v) is 20.6. The smallest absolute Gasteiger partial charge is 0.242 e. The second-order valence-corrected chi connectivity index (χ2v) is 11.4. The Labute approximate surface area is 189 Å². The van der Waals surface area contributed by atoms with E-state index >= 15 is 0 Å². The fourth-order valence-corrected chi connectivity index (χ4v) is 4.82. The van der Waals surface area contributed by atoms with Gasteiger partial charge in [0.25, 0.3) is 0 Å². The van der Waals surface area contributed by atoms with Crippen molar-refractivity contribution in [2.45, 2.75) is 56.6 Å². The number of nitrogens with zero attached hydrogens (tertiary/aromatic N) is 1. The van der Waals surface area contributed by atoms with E-state index < -0.39 is 16.1 Å². The number of halogens is 1. The van der Waals surface area contributed by atoms with Gasteiger partial charge in [-0.2, -0.15) is 4.31 Å². The normalized spacial score (nSPS) is 13.6. The predicted octanol–water partition coefficient (Wildman–Crippen LogP) is 4.13. The summed E-state index contributed by atoms with van der Waals surface area (Å²) >= 11 is 3.39. The highest BCUT2D eigenvalue weighted by atomic mass is 79.9. The molecule has 0 spiro atoms. The summed E-state index contributed by atoms with van der Waals surface area (Å²) in [4.78, 5) is 0.229. The molecule has 5 nitrogen and oxygen atoms in total. The zero-order valence-electron chi connectivity index (χ0n) is 18.2. The second kappa shape index (κ2) is 10.9. The van der Waals surface area contributed by atoms with Crippen LogP contribution in [-0.4, -0.2) is 49.6 Å². The van der Waals surface area contributed by atoms with Gasteiger partial charge in [-0.1, -0.05) is 46.3 Å². The first kappa shape index (κ1) is 25.0. The summed E-state index contributed by atoms with van der Waals surface area (Å²) in [5, 5.41) is 13.8. The Kier molecular flexibility index (Phi) is 9.06. The van der Waals surface area contributed by atoms with E-state index in [1.165, 1.54) is 16.9 Å². The minimum absolute atomic E-state index is 0.0323. The van der Waals surface area contributed by atoms with Gasteiger partial charge < -0.3 is 10.4 Å². The van der Waals surface area contributed by atoms with Gasteiger partial charge in [-0.25, -0.2) is 8.42 Å².